The first-order valence-electron chi connectivity index (χ1n) is 11.4. The van der Waals surface area contributed by atoms with Crippen molar-refractivity contribution < 1.29 is 19.1 Å². The number of thioether (sulfide) groups is 1. The van der Waals surface area contributed by atoms with Gasteiger partial charge in [-0.1, -0.05) is 42.5 Å². The lowest BCUT2D eigenvalue weighted by Crippen LogP contribution is -2.37. The predicted octanol–water partition coefficient (Wildman–Crippen LogP) is 4.64. The number of nitrogens with one attached hydrogen (secondary N) is 1. The Morgan fingerprint density at radius 3 is 2.46 bits per heavy atom. The molecule has 2 saturated heterocycles. The number of likely N-dealkylation sites (tertiary alicyclic amines) is 1. The van der Waals surface area contributed by atoms with Crippen molar-refractivity contribution in [3.63, 3.8) is 0 Å². The predicted molar refractivity (Wildman–Crippen MR) is 133 cm³/mol. The minimum absolute atomic E-state index is 0.106. The number of carbonyl (C=O) groups is 2. The molecule has 0 unspecified atom stereocenters. The third kappa shape index (κ3) is 6.26. The summed E-state index contributed by atoms with van der Waals surface area (Å²) in [7, 11) is 0. The monoisotopic (exact) mass is 488 g/mol. The lowest BCUT2D eigenvalue weighted by atomic mass is 10.1. The fraction of sp³-hybridized carbons (Fsp3) is 0.231. The summed E-state index contributed by atoms with van der Waals surface area (Å²) < 4.78 is 12.0. The van der Waals surface area contributed by atoms with Crippen LogP contribution in [0.25, 0.3) is 6.08 Å². The Hall–Kier alpha value is -3.69. The largest absolute Gasteiger partial charge is 0.474 e. The van der Waals surface area contributed by atoms with Crippen molar-refractivity contribution in [1.82, 2.24) is 20.2 Å². The zero-order chi connectivity index (χ0) is 24.0. The number of carbonyl (C=O) groups excluding carboxylic acids is 2. The summed E-state index contributed by atoms with van der Waals surface area (Å²) in [5.74, 6) is 1.09. The normalized spacial score (nSPS) is 18.0. The summed E-state index contributed by atoms with van der Waals surface area (Å²) >= 11 is 0.888. The van der Waals surface area contributed by atoms with Gasteiger partial charge in [-0.3, -0.25) is 19.8 Å². The van der Waals surface area contributed by atoms with Crippen LogP contribution in [0.15, 0.2) is 71.9 Å². The van der Waals surface area contributed by atoms with Crippen LogP contribution in [0.1, 0.15) is 24.0 Å². The summed E-state index contributed by atoms with van der Waals surface area (Å²) in [6, 6.07) is 19.4. The number of nitrogens with zero attached hydrogens (tertiary/aromatic N) is 3. The Labute approximate surface area is 207 Å². The zero-order valence-electron chi connectivity index (χ0n) is 18.9. The summed E-state index contributed by atoms with van der Waals surface area (Å²) in [5, 5.41) is 1.88. The van der Waals surface area contributed by atoms with Gasteiger partial charge in [0, 0.05) is 19.6 Å². The van der Waals surface area contributed by atoms with Crippen LogP contribution in [0.3, 0.4) is 0 Å². The molecule has 9 heteroatoms. The average molecular weight is 489 g/mol. The number of imide groups is 1. The van der Waals surface area contributed by atoms with Gasteiger partial charge in [-0.15, -0.1) is 0 Å². The molecule has 0 radical (unpaired) electrons. The molecule has 0 aliphatic carbocycles. The summed E-state index contributed by atoms with van der Waals surface area (Å²) in [5.41, 5.74) is 2.11. The number of aromatic nitrogens is 2. The van der Waals surface area contributed by atoms with Crippen LogP contribution in [-0.2, 0) is 11.3 Å². The maximum Gasteiger partial charge on any atom is 0.290 e. The van der Waals surface area contributed by atoms with Gasteiger partial charge in [-0.25, -0.2) is 9.97 Å². The average Bonchev–Trinajstić information content (AvgIpc) is 3.19. The molecule has 0 bridgehead atoms. The van der Waals surface area contributed by atoms with Crippen LogP contribution in [0.4, 0.5) is 4.79 Å². The van der Waals surface area contributed by atoms with Gasteiger partial charge in [-0.05, 0) is 53.9 Å². The molecule has 2 amide bonds. The topological polar surface area (TPSA) is 93.7 Å². The second-order valence-electron chi connectivity index (χ2n) is 8.30. The Morgan fingerprint density at radius 1 is 1.00 bits per heavy atom. The third-order valence-electron chi connectivity index (χ3n) is 5.73. The number of piperidine rings is 1. The molecule has 8 nitrogen and oxygen atoms in total. The molecule has 35 heavy (non-hydrogen) atoms. The molecule has 3 aromatic rings. The van der Waals surface area contributed by atoms with Gasteiger partial charge in [-0.2, -0.15) is 0 Å². The molecule has 0 saturated carbocycles. The van der Waals surface area contributed by atoms with Crippen LogP contribution in [0, 0.1) is 0 Å². The SMILES string of the molecule is O=C1NC(=O)C(=Cc2ccc(Oc3cc(OC4CCN(Cc5ccccc5)CC4)ncn3)cc2)S1. The number of rotatable bonds is 7. The van der Waals surface area contributed by atoms with Crippen molar-refractivity contribution in [3.8, 4) is 17.5 Å². The first-order valence-corrected chi connectivity index (χ1v) is 12.2. The molecule has 5 rings (SSSR count). The lowest BCUT2D eigenvalue weighted by molar-refractivity contribution is -0.115. The van der Waals surface area contributed by atoms with E-state index in [-0.39, 0.29) is 17.3 Å². The van der Waals surface area contributed by atoms with Gasteiger partial charge < -0.3 is 9.47 Å². The van der Waals surface area contributed by atoms with E-state index in [0.29, 0.717) is 22.4 Å². The van der Waals surface area contributed by atoms with E-state index in [1.165, 1.54) is 11.9 Å². The Morgan fingerprint density at radius 2 is 1.74 bits per heavy atom. The fourth-order valence-corrected chi connectivity index (χ4v) is 4.65. The molecular weight excluding hydrogens is 464 g/mol. The molecule has 2 aromatic carbocycles. The van der Waals surface area contributed by atoms with E-state index in [2.05, 4.69) is 44.5 Å². The molecule has 2 fully saturated rings. The van der Waals surface area contributed by atoms with Crippen LogP contribution >= 0.6 is 11.8 Å². The molecule has 1 aromatic heterocycles. The fourth-order valence-electron chi connectivity index (χ4n) is 3.97. The second-order valence-corrected chi connectivity index (χ2v) is 9.31. The van der Waals surface area contributed by atoms with Gasteiger partial charge in [0.1, 0.15) is 18.2 Å². The van der Waals surface area contributed by atoms with E-state index in [9.17, 15) is 9.59 Å². The van der Waals surface area contributed by atoms with E-state index < -0.39 is 0 Å². The molecule has 0 spiro atoms. The van der Waals surface area contributed by atoms with Gasteiger partial charge >= 0.3 is 0 Å². The summed E-state index contributed by atoms with van der Waals surface area (Å²) in [6.45, 7) is 2.91. The molecule has 0 atom stereocenters. The third-order valence-corrected chi connectivity index (χ3v) is 6.54. The van der Waals surface area contributed by atoms with Gasteiger partial charge in [0.15, 0.2) is 0 Å². The Bertz CT molecular complexity index is 1230. The smallest absolute Gasteiger partial charge is 0.290 e. The molecule has 1 N–H and O–H groups in total. The van der Waals surface area contributed by atoms with Gasteiger partial charge in [0.2, 0.25) is 11.8 Å². The summed E-state index contributed by atoms with van der Waals surface area (Å²) in [6.07, 6.45) is 5.07. The van der Waals surface area contributed by atoms with Crippen molar-refractivity contribution in [2.75, 3.05) is 13.1 Å². The summed E-state index contributed by atoms with van der Waals surface area (Å²) in [4.78, 5) is 34.2. The highest BCUT2D eigenvalue weighted by atomic mass is 32.2. The number of ether oxygens (including phenoxy) is 2. The maximum atomic E-state index is 11.7. The van der Waals surface area contributed by atoms with E-state index in [0.717, 1.165) is 49.8 Å². The molecular formula is C26H24N4O4S. The van der Waals surface area contributed by atoms with Crippen LogP contribution in [0.2, 0.25) is 0 Å². The van der Waals surface area contributed by atoms with Crippen molar-refractivity contribution in [3.05, 3.63) is 83.0 Å². The van der Waals surface area contributed by atoms with Crippen molar-refractivity contribution in [2.24, 2.45) is 0 Å². The highest BCUT2D eigenvalue weighted by Crippen LogP contribution is 2.28. The first kappa shape index (κ1) is 23.1. The quantitative estimate of drug-likeness (QED) is 0.481. The minimum atomic E-state index is -0.379. The number of benzene rings is 2. The van der Waals surface area contributed by atoms with E-state index in [1.54, 1.807) is 36.4 Å². The molecule has 2 aliphatic rings. The van der Waals surface area contributed by atoms with Gasteiger partial charge in [0.25, 0.3) is 11.1 Å². The van der Waals surface area contributed by atoms with E-state index in [4.69, 9.17) is 9.47 Å². The molecule has 178 valence electrons. The number of hydrogen-bond donors (Lipinski definition) is 1. The van der Waals surface area contributed by atoms with Crippen LogP contribution < -0.4 is 14.8 Å². The maximum absolute atomic E-state index is 11.7. The minimum Gasteiger partial charge on any atom is -0.474 e. The van der Waals surface area contributed by atoms with E-state index in [1.807, 2.05) is 6.07 Å². The van der Waals surface area contributed by atoms with Crippen molar-refractivity contribution >= 4 is 29.0 Å². The van der Waals surface area contributed by atoms with Gasteiger partial charge in [0.05, 0.1) is 11.0 Å². The molecule has 3 heterocycles. The Kier molecular flexibility index (Phi) is 7.06. The second kappa shape index (κ2) is 10.7. The standard InChI is InChI=1S/C26H24N4O4S/c31-25-22(35-26(32)29-25)14-18-6-8-20(9-7-18)33-23-15-24(28-17-27-23)34-21-10-12-30(13-11-21)16-19-4-2-1-3-5-19/h1-9,14-15,17,21H,10-13,16H2,(H,29,31,32). The number of amides is 2. The highest BCUT2D eigenvalue weighted by Gasteiger charge is 2.25. The lowest BCUT2D eigenvalue weighted by Gasteiger charge is -2.31. The van der Waals surface area contributed by atoms with Crippen molar-refractivity contribution in [2.45, 2.75) is 25.5 Å². The van der Waals surface area contributed by atoms with Crippen LogP contribution in [-0.4, -0.2) is 45.2 Å². The molecule has 2 aliphatic heterocycles. The number of hydrogen-bond acceptors (Lipinski definition) is 8. The van der Waals surface area contributed by atoms with Crippen molar-refractivity contribution in [1.29, 1.82) is 0 Å². The van der Waals surface area contributed by atoms with Crippen LogP contribution in [0.5, 0.6) is 17.5 Å². The highest BCUT2D eigenvalue weighted by molar-refractivity contribution is 8.18. The zero-order valence-corrected chi connectivity index (χ0v) is 19.7. The first-order chi connectivity index (χ1) is 17.1. The Balaban J connectivity index is 1.14. The van der Waals surface area contributed by atoms with E-state index >= 15 is 0 Å².